The van der Waals surface area contributed by atoms with Gasteiger partial charge in [0.1, 0.15) is 11.5 Å². The number of thioether (sulfide) groups is 1. The topological polar surface area (TPSA) is 73.5 Å². The van der Waals surface area contributed by atoms with Gasteiger partial charge in [-0.15, -0.1) is 11.8 Å². The standard InChI is InChI=1S/C28H32N4O2S/c1-17-5-4-7-20(15-17)22-16-35-25-24(22)30-28(31-27(25)34)32-13-11-19(12-14-32)26(33)29-23-10-9-18-6-2-3-8-21(18)23/h2-8,15-16,19,23-25,28,30H,9-14H2,1H3,(H,29,33)(H,31,34). The van der Waals surface area contributed by atoms with Crippen molar-refractivity contribution in [2.24, 2.45) is 5.92 Å². The summed E-state index contributed by atoms with van der Waals surface area (Å²) in [7, 11) is 0. The predicted octanol–water partition coefficient (Wildman–Crippen LogP) is 3.34. The van der Waals surface area contributed by atoms with Gasteiger partial charge in [0.2, 0.25) is 11.8 Å². The van der Waals surface area contributed by atoms with E-state index in [1.165, 1.54) is 27.8 Å². The van der Waals surface area contributed by atoms with E-state index in [-0.39, 0.29) is 41.4 Å². The molecule has 0 saturated carbocycles. The van der Waals surface area contributed by atoms with E-state index in [0.717, 1.165) is 38.8 Å². The fourth-order valence-corrected chi connectivity index (χ4v) is 7.12. The van der Waals surface area contributed by atoms with Crippen molar-refractivity contribution in [1.82, 2.24) is 20.9 Å². The highest BCUT2D eigenvalue weighted by Crippen LogP contribution is 2.39. The van der Waals surface area contributed by atoms with Crippen LogP contribution in [0.1, 0.15) is 47.6 Å². The lowest BCUT2D eigenvalue weighted by molar-refractivity contribution is -0.130. The van der Waals surface area contributed by atoms with E-state index < -0.39 is 0 Å². The first-order chi connectivity index (χ1) is 17.1. The van der Waals surface area contributed by atoms with Crippen molar-refractivity contribution >= 4 is 29.1 Å². The molecular formula is C28H32N4O2S. The zero-order valence-corrected chi connectivity index (χ0v) is 20.8. The highest BCUT2D eigenvalue weighted by molar-refractivity contribution is 8.04. The molecule has 7 heteroatoms. The molecule has 0 aromatic heterocycles. The van der Waals surface area contributed by atoms with Gasteiger partial charge < -0.3 is 10.6 Å². The second-order valence-corrected chi connectivity index (χ2v) is 11.2. The van der Waals surface area contributed by atoms with Crippen LogP contribution in [0.25, 0.3) is 5.57 Å². The van der Waals surface area contributed by atoms with Gasteiger partial charge in [0, 0.05) is 19.0 Å². The van der Waals surface area contributed by atoms with E-state index in [0.29, 0.717) is 0 Å². The summed E-state index contributed by atoms with van der Waals surface area (Å²) in [5.41, 5.74) is 6.21. The molecule has 2 saturated heterocycles. The zero-order chi connectivity index (χ0) is 23.9. The monoisotopic (exact) mass is 488 g/mol. The highest BCUT2D eigenvalue weighted by Gasteiger charge is 2.44. The lowest BCUT2D eigenvalue weighted by Gasteiger charge is -2.43. The Morgan fingerprint density at radius 3 is 2.74 bits per heavy atom. The van der Waals surface area contributed by atoms with Crippen LogP contribution in [0.15, 0.2) is 53.9 Å². The number of likely N-dealkylation sites (tertiary alicyclic amines) is 1. The molecule has 4 unspecified atom stereocenters. The molecule has 3 N–H and O–H groups in total. The Kier molecular flexibility index (Phi) is 6.16. The van der Waals surface area contributed by atoms with Gasteiger partial charge in [0.05, 0.1) is 12.1 Å². The summed E-state index contributed by atoms with van der Waals surface area (Å²) < 4.78 is 0. The van der Waals surface area contributed by atoms with E-state index >= 15 is 0 Å². The predicted molar refractivity (Wildman–Crippen MR) is 139 cm³/mol. The molecule has 3 aliphatic heterocycles. The molecule has 2 aromatic carbocycles. The van der Waals surface area contributed by atoms with Crippen molar-refractivity contribution < 1.29 is 9.59 Å². The maximum Gasteiger partial charge on any atom is 0.237 e. The average molecular weight is 489 g/mol. The maximum atomic E-state index is 13.1. The van der Waals surface area contributed by atoms with Crippen molar-refractivity contribution in [1.29, 1.82) is 0 Å². The van der Waals surface area contributed by atoms with Gasteiger partial charge in [-0.05, 0) is 60.3 Å². The zero-order valence-electron chi connectivity index (χ0n) is 20.0. The number of fused-ring (bicyclic) bond motifs is 2. The first-order valence-corrected chi connectivity index (χ1v) is 13.6. The second-order valence-electron chi connectivity index (χ2n) is 10.2. The average Bonchev–Trinajstić information content (AvgIpc) is 3.49. The number of carbonyl (C=O) groups excluding carboxylic acids is 2. The minimum Gasteiger partial charge on any atom is -0.349 e. The highest BCUT2D eigenvalue weighted by atomic mass is 32.2. The van der Waals surface area contributed by atoms with E-state index in [1.54, 1.807) is 11.8 Å². The van der Waals surface area contributed by atoms with Gasteiger partial charge in [-0.3, -0.25) is 19.8 Å². The maximum absolute atomic E-state index is 13.1. The smallest absolute Gasteiger partial charge is 0.237 e. The number of nitrogens with one attached hydrogen (secondary N) is 3. The minimum atomic E-state index is -0.207. The number of aryl methyl sites for hydroxylation is 2. The van der Waals surface area contributed by atoms with Crippen molar-refractivity contribution in [2.75, 3.05) is 13.1 Å². The molecule has 6 nitrogen and oxygen atoms in total. The molecule has 35 heavy (non-hydrogen) atoms. The Labute approximate surface area is 210 Å². The third kappa shape index (κ3) is 4.41. The van der Waals surface area contributed by atoms with Crippen molar-refractivity contribution in [3.05, 3.63) is 76.2 Å². The number of amides is 2. The van der Waals surface area contributed by atoms with Crippen LogP contribution in [0.4, 0.5) is 0 Å². The van der Waals surface area contributed by atoms with Crippen LogP contribution < -0.4 is 16.0 Å². The van der Waals surface area contributed by atoms with Gasteiger partial charge in [0.25, 0.3) is 0 Å². The third-order valence-electron chi connectivity index (χ3n) is 7.92. The molecule has 1 aliphatic carbocycles. The van der Waals surface area contributed by atoms with Gasteiger partial charge in [-0.1, -0.05) is 54.1 Å². The quantitative estimate of drug-likeness (QED) is 0.616. The summed E-state index contributed by atoms with van der Waals surface area (Å²) in [5.74, 6) is 0.280. The fraction of sp³-hybridized carbons (Fsp3) is 0.429. The summed E-state index contributed by atoms with van der Waals surface area (Å²) in [6.07, 6.45) is 3.42. The Morgan fingerprint density at radius 1 is 1.09 bits per heavy atom. The summed E-state index contributed by atoms with van der Waals surface area (Å²) in [4.78, 5) is 28.3. The Bertz CT molecular complexity index is 1170. The number of benzene rings is 2. The molecule has 2 amide bonds. The molecule has 4 aliphatic rings. The number of nitrogens with zero attached hydrogens (tertiary/aromatic N) is 1. The summed E-state index contributed by atoms with van der Waals surface area (Å²) in [5, 5.41) is 12.2. The largest absolute Gasteiger partial charge is 0.349 e. The number of carbonyl (C=O) groups is 2. The van der Waals surface area contributed by atoms with Crippen molar-refractivity contribution in [3.8, 4) is 0 Å². The third-order valence-corrected chi connectivity index (χ3v) is 9.09. The number of hydrogen-bond acceptors (Lipinski definition) is 5. The lowest BCUT2D eigenvalue weighted by Crippen LogP contribution is -2.68. The fourth-order valence-electron chi connectivity index (χ4n) is 5.97. The summed E-state index contributed by atoms with van der Waals surface area (Å²) >= 11 is 1.60. The van der Waals surface area contributed by atoms with Crippen molar-refractivity contribution in [3.63, 3.8) is 0 Å². The van der Waals surface area contributed by atoms with Crippen LogP contribution in [0.5, 0.6) is 0 Å². The molecular weight excluding hydrogens is 456 g/mol. The molecule has 2 aromatic rings. The minimum absolute atomic E-state index is 0.0102. The van der Waals surface area contributed by atoms with Crippen LogP contribution in [-0.2, 0) is 16.0 Å². The molecule has 4 atom stereocenters. The van der Waals surface area contributed by atoms with E-state index in [2.05, 4.69) is 81.7 Å². The lowest BCUT2D eigenvalue weighted by atomic mass is 9.93. The van der Waals surface area contributed by atoms with Crippen LogP contribution in [0, 0.1) is 12.8 Å². The van der Waals surface area contributed by atoms with Crippen molar-refractivity contribution in [2.45, 2.75) is 56.2 Å². The molecule has 0 spiro atoms. The number of hydrogen-bond donors (Lipinski definition) is 3. The van der Waals surface area contributed by atoms with Gasteiger partial charge >= 0.3 is 0 Å². The summed E-state index contributed by atoms with van der Waals surface area (Å²) in [6, 6.07) is 17.0. The summed E-state index contributed by atoms with van der Waals surface area (Å²) in [6.45, 7) is 3.66. The van der Waals surface area contributed by atoms with E-state index in [1.807, 2.05) is 0 Å². The molecule has 2 fully saturated rings. The van der Waals surface area contributed by atoms with Gasteiger partial charge in [0.15, 0.2) is 0 Å². The van der Waals surface area contributed by atoms with Gasteiger partial charge in [-0.25, -0.2) is 0 Å². The van der Waals surface area contributed by atoms with Crippen LogP contribution in [0.2, 0.25) is 0 Å². The Hall–Kier alpha value is -2.61. The van der Waals surface area contributed by atoms with E-state index in [4.69, 9.17) is 0 Å². The normalized spacial score (nSPS) is 28.7. The van der Waals surface area contributed by atoms with Crippen LogP contribution in [0.3, 0.4) is 0 Å². The second kappa shape index (κ2) is 9.45. The Balaban J connectivity index is 1.07. The van der Waals surface area contributed by atoms with E-state index in [9.17, 15) is 9.59 Å². The molecule has 0 radical (unpaired) electrons. The van der Waals surface area contributed by atoms with Crippen LogP contribution in [-0.4, -0.2) is 47.4 Å². The molecule has 182 valence electrons. The first-order valence-electron chi connectivity index (χ1n) is 12.7. The Morgan fingerprint density at radius 2 is 1.91 bits per heavy atom. The number of piperidine rings is 1. The molecule has 0 bridgehead atoms. The first kappa shape index (κ1) is 22.8. The SMILES string of the molecule is Cc1cccc(C2=CSC3C(=O)NC(N4CCC(C(=O)NC5CCc6ccccc65)CC4)NC23)c1. The molecule has 6 rings (SSSR count). The number of rotatable bonds is 4. The molecule has 3 heterocycles. The van der Waals surface area contributed by atoms with Crippen LogP contribution >= 0.6 is 11.8 Å². The van der Waals surface area contributed by atoms with Gasteiger partial charge in [-0.2, -0.15) is 0 Å².